The normalized spacial score (nSPS) is 9.79. The molecule has 0 fully saturated rings. The molecule has 5 nitrogen and oxygen atoms in total. The maximum atomic E-state index is 11.7. The highest BCUT2D eigenvalue weighted by atomic mass is 32.2. The van der Waals surface area contributed by atoms with E-state index < -0.39 is 9.84 Å². The van der Waals surface area contributed by atoms with E-state index in [0.717, 1.165) is 0 Å². The number of nitrogens with zero attached hydrogens (tertiary/aromatic N) is 2. The second-order valence-electron chi connectivity index (χ2n) is 3.52. The van der Waals surface area contributed by atoms with E-state index in [9.17, 15) is 8.42 Å². The quantitative estimate of drug-likeness (QED) is 0.654. The van der Waals surface area contributed by atoms with Gasteiger partial charge in [0.1, 0.15) is 17.7 Å². The molecule has 0 saturated heterocycles. The summed E-state index contributed by atoms with van der Waals surface area (Å²) in [6, 6.07) is 9.42. The number of nitrogens with one attached hydrogen (secondary N) is 1. The number of allylic oxidation sites excluding steroid dienone is 1. The van der Waals surface area contributed by atoms with Crippen molar-refractivity contribution in [2.24, 2.45) is 0 Å². The molecule has 0 saturated carbocycles. The first kappa shape index (κ1) is 14.5. The Bertz CT molecular complexity index is 658. The van der Waals surface area contributed by atoms with Crippen molar-refractivity contribution in [1.29, 1.82) is 10.5 Å². The van der Waals surface area contributed by atoms with Gasteiger partial charge in [-0.1, -0.05) is 6.08 Å². The Labute approximate surface area is 112 Å². The molecule has 0 amide bonds. The molecule has 96 valence electrons. The summed E-state index contributed by atoms with van der Waals surface area (Å²) in [5.74, 6) is -0.118. The lowest BCUT2D eigenvalue weighted by Gasteiger charge is -2.04. The molecule has 1 N–H and O–H groups in total. The van der Waals surface area contributed by atoms with Crippen molar-refractivity contribution < 1.29 is 8.42 Å². The van der Waals surface area contributed by atoms with E-state index >= 15 is 0 Å². The zero-order valence-corrected chi connectivity index (χ0v) is 10.8. The molecule has 0 aliphatic carbocycles. The molecule has 0 bridgehead atoms. The molecule has 1 aromatic rings. The predicted molar refractivity (Wildman–Crippen MR) is 71.6 cm³/mol. The lowest BCUT2D eigenvalue weighted by molar-refractivity contribution is 0.599. The standard InChI is InChI=1S/C13H11N3O2S/c1-2-7-19(17,18)13-5-3-12(4-6-13)16-10-11(8-14)9-15/h2-6,10,16H,1,7H2. The Balaban J connectivity index is 2.90. The average Bonchev–Trinajstić information content (AvgIpc) is 2.40. The van der Waals surface area contributed by atoms with Gasteiger partial charge in [-0.2, -0.15) is 10.5 Å². The molecule has 0 unspecified atom stereocenters. The molecule has 0 spiro atoms. The maximum absolute atomic E-state index is 11.7. The van der Waals surface area contributed by atoms with Gasteiger partial charge in [-0.05, 0) is 24.3 Å². The SMILES string of the molecule is C=CCS(=O)(=O)c1ccc(NC=C(C#N)C#N)cc1. The molecular weight excluding hydrogens is 262 g/mol. The van der Waals surface area contributed by atoms with Crippen LogP contribution in [0, 0.1) is 22.7 Å². The van der Waals surface area contributed by atoms with Crippen molar-refractivity contribution >= 4 is 15.5 Å². The number of nitriles is 2. The Morgan fingerprint density at radius 3 is 2.32 bits per heavy atom. The van der Waals surface area contributed by atoms with Crippen LogP contribution in [0.25, 0.3) is 0 Å². The third kappa shape index (κ3) is 3.98. The van der Waals surface area contributed by atoms with Crippen LogP contribution in [0.1, 0.15) is 0 Å². The van der Waals surface area contributed by atoms with Gasteiger partial charge in [-0.25, -0.2) is 8.42 Å². The zero-order chi connectivity index (χ0) is 14.3. The zero-order valence-electron chi connectivity index (χ0n) is 10.00. The van der Waals surface area contributed by atoms with Gasteiger partial charge >= 0.3 is 0 Å². The number of sulfone groups is 1. The second kappa shape index (κ2) is 6.39. The van der Waals surface area contributed by atoms with Crippen LogP contribution in [-0.2, 0) is 9.84 Å². The van der Waals surface area contributed by atoms with Crippen molar-refractivity contribution in [2.45, 2.75) is 4.90 Å². The summed E-state index contributed by atoms with van der Waals surface area (Å²) in [5, 5.41) is 19.8. The van der Waals surface area contributed by atoms with Crippen LogP contribution in [0.15, 0.2) is 53.6 Å². The predicted octanol–water partition coefficient (Wildman–Crippen LogP) is 1.99. The molecular formula is C13H11N3O2S. The Kier molecular flexibility index (Phi) is 4.87. The van der Waals surface area contributed by atoms with E-state index in [1.54, 1.807) is 24.3 Å². The van der Waals surface area contributed by atoms with Crippen LogP contribution < -0.4 is 5.32 Å². The van der Waals surface area contributed by atoms with Gasteiger partial charge in [0, 0.05) is 11.9 Å². The van der Waals surface area contributed by atoms with E-state index in [0.29, 0.717) is 5.69 Å². The fourth-order valence-corrected chi connectivity index (χ4v) is 2.31. The Hall–Kier alpha value is -2.57. The van der Waals surface area contributed by atoms with Crippen LogP contribution >= 0.6 is 0 Å². The molecule has 0 aliphatic heterocycles. The first-order valence-corrected chi connectivity index (χ1v) is 6.89. The summed E-state index contributed by atoms with van der Waals surface area (Å²) in [5.41, 5.74) is 0.518. The van der Waals surface area contributed by atoms with E-state index in [1.165, 1.54) is 24.4 Å². The fourth-order valence-electron chi connectivity index (χ4n) is 1.25. The molecule has 0 aliphatic rings. The third-order valence-corrected chi connectivity index (χ3v) is 3.84. The minimum Gasteiger partial charge on any atom is -0.360 e. The van der Waals surface area contributed by atoms with Gasteiger partial charge < -0.3 is 5.32 Å². The first-order valence-electron chi connectivity index (χ1n) is 5.24. The van der Waals surface area contributed by atoms with Gasteiger partial charge in [-0.15, -0.1) is 6.58 Å². The monoisotopic (exact) mass is 273 g/mol. The van der Waals surface area contributed by atoms with Crippen LogP contribution in [0.3, 0.4) is 0 Å². The van der Waals surface area contributed by atoms with E-state index in [1.807, 2.05) is 0 Å². The third-order valence-electron chi connectivity index (χ3n) is 2.17. The van der Waals surface area contributed by atoms with Crippen molar-refractivity contribution in [3.05, 3.63) is 48.7 Å². The summed E-state index contributed by atoms with van der Waals surface area (Å²) in [4.78, 5) is 0.197. The number of benzene rings is 1. The van der Waals surface area contributed by atoms with Crippen LogP contribution in [0.2, 0.25) is 0 Å². The Morgan fingerprint density at radius 1 is 1.26 bits per heavy atom. The van der Waals surface area contributed by atoms with Crippen LogP contribution in [0.5, 0.6) is 0 Å². The molecule has 1 aromatic carbocycles. The summed E-state index contributed by atoms with van der Waals surface area (Å²) in [6.07, 6.45) is 2.59. The van der Waals surface area contributed by atoms with Crippen molar-refractivity contribution in [1.82, 2.24) is 0 Å². The minimum absolute atomic E-state index is 0.0663. The summed E-state index contributed by atoms with van der Waals surface area (Å²) < 4.78 is 23.4. The molecule has 6 heteroatoms. The number of rotatable bonds is 5. The topological polar surface area (TPSA) is 93.8 Å². The van der Waals surface area contributed by atoms with Crippen molar-refractivity contribution in [3.63, 3.8) is 0 Å². The van der Waals surface area contributed by atoms with Crippen LogP contribution in [0.4, 0.5) is 5.69 Å². The highest BCUT2D eigenvalue weighted by Crippen LogP contribution is 2.15. The van der Waals surface area contributed by atoms with Gasteiger partial charge in [0.05, 0.1) is 10.6 Å². The first-order chi connectivity index (χ1) is 9.03. The summed E-state index contributed by atoms with van der Waals surface area (Å²) in [6.45, 7) is 3.40. The van der Waals surface area contributed by atoms with Gasteiger partial charge in [0.15, 0.2) is 9.84 Å². The molecule has 0 atom stereocenters. The lowest BCUT2D eigenvalue weighted by Crippen LogP contribution is -2.04. The van der Waals surface area contributed by atoms with E-state index in [2.05, 4.69) is 11.9 Å². The molecule has 0 aromatic heterocycles. The van der Waals surface area contributed by atoms with E-state index in [-0.39, 0.29) is 16.2 Å². The number of hydrogen-bond donors (Lipinski definition) is 1. The Morgan fingerprint density at radius 2 is 1.84 bits per heavy atom. The molecule has 0 radical (unpaired) electrons. The second-order valence-corrected chi connectivity index (χ2v) is 5.55. The number of hydrogen-bond acceptors (Lipinski definition) is 5. The lowest BCUT2D eigenvalue weighted by atomic mass is 10.3. The van der Waals surface area contributed by atoms with E-state index in [4.69, 9.17) is 10.5 Å². The highest BCUT2D eigenvalue weighted by molar-refractivity contribution is 7.91. The van der Waals surface area contributed by atoms with Crippen molar-refractivity contribution in [3.8, 4) is 12.1 Å². The van der Waals surface area contributed by atoms with Crippen LogP contribution in [-0.4, -0.2) is 14.2 Å². The average molecular weight is 273 g/mol. The maximum Gasteiger partial charge on any atom is 0.181 e. The number of anilines is 1. The molecule has 19 heavy (non-hydrogen) atoms. The summed E-state index contributed by atoms with van der Waals surface area (Å²) >= 11 is 0. The largest absolute Gasteiger partial charge is 0.360 e. The van der Waals surface area contributed by atoms with Crippen molar-refractivity contribution in [2.75, 3.05) is 11.1 Å². The fraction of sp³-hybridized carbons (Fsp3) is 0.0769. The minimum atomic E-state index is -3.33. The van der Waals surface area contributed by atoms with Gasteiger partial charge in [-0.3, -0.25) is 0 Å². The van der Waals surface area contributed by atoms with Gasteiger partial charge in [0.2, 0.25) is 0 Å². The summed E-state index contributed by atoms with van der Waals surface area (Å²) in [7, 11) is -3.33. The molecule has 0 heterocycles. The highest BCUT2D eigenvalue weighted by Gasteiger charge is 2.11. The smallest absolute Gasteiger partial charge is 0.181 e. The molecule has 1 rings (SSSR count). The van der Waals surface area contributed by atoms with Gasteiger partial charge in [0.25, 0.3) is 0 Å².